The molecule has 0 amide bonds. The molecule has 0 heterocycles. The minimum Gasteiger partial charge on any atom is -0.465 e. The predicted octanol–water partition coefficient (Wildman–Crippen LogP) is 3.24. The lowest BCUT2D eigenvalue weighted by molar-refractivity contribution is 0.0600. The van der Waals surface area contributed by atoms with Crippen LogP contribution in [0, 0.1) is 6.92 Å². The van der Waals surface area contributed by atoms with Gasteiger partial charge >= 0.3 is 5.97 Å². The van der Waals surface area contributed by atoms with Crippen LogP contribution in [0.15, 0.2) is 47.4 Å². The lowest BCUT2D eigenvalue weighted by Gasteiger charge is -2.11. The quantitative estimate of drug-likeness (QED) is 0.868. The summed E-state index contributed by atoms with van der Waals surface area (Å²) in [7, 11) is -2.58. The van der Waals surface area contributed by atoms with Gasteiger partial charge in [0.2, 0.25) is 0 Å². The highest BCUT2D eigenvalue weighted by molar-refractivity contribution is 7.92. The van der Waals surface area contributed by atoms with Crippen LogP contribution in [0.3, 0.4) is 0 Å². The van der Waals surface area contributed by atoms with Crippen molar-refractivity contribution in [2.45, 2.75) is 11.8 Å². The summed E-state index contributed by atoms with van der Waals surface area (Å²) in [6.45, 7) is 1.65. The Labute approximate surface area is 133 Å². The minimum atomic E-state index is -3.82. The molecule has 0 aromatic heterocycles. The molecular weight excluding hydrogens is 326 g/mol. The SMILES string of the molecule is COC(=O)c1ccc(C)c(S(=O)(=O)Nc2ccc(Cl)cc2)c1. The fraction of sp³-hybridized carbons (Fsp3) is 0.133. The first-order chi connectivity index (χ1) is 10.3. The van der Waals surface area contributed by atoms with E-state index in [1.807, 2.05) is 0 Å². The lowest BCUT2D eigenvalue weighted by atomic mass is 10.1. The first-order valence-corrected chi connectivity index (χ1v) is 8.17. The van der Waals surface area contributed by atoms with Gasteiger partial charge in [0.15, 0.2) is 0 Å². The number of esters is 1. The van der Waals surface area contributed by atoms with Crippen LogP contribution in [-0.4, -0.2) is 21.5 Å². The highest BCUT2D eigenvalue weighted by Gasteiger charge is 2.19. The van der Waals surface area contributed by atoms with Crippen LogP contribution in [0.25, 0.3) is 0 Å². The Morgan fingerprint density at radius 1 is 1.14 bits per heavy atom. The number of sulfonamides is 1. The molecule has 0 fully saturated rings. The van der Waals surface area contributed by atoms with E-state index in [2.05, 4.69) is 9.46 Å². The number of rotatable bonds is 4. The van der Waals surface area contributed by atoms with E-state index in [9.17, 15) is 13.2 Å². The van der Waals surface area contributed by atoms with Crippen molar-refractivity contribution in [2.75, 3.05) is 11.8 Å². The average Bonchev–Trinajstić information content (AvgIpc) is 2.49. The summed E-state index contributed by atoms with van der Waals surface area (Å²) in [6.07, 6.45) is 0. The van der Waals surface area contributed by atoms with Crippen molar-refractivity contribution in [1.82, 2.24) is 0 Å². The normalized spacial score (nSPS) is 11.0. The van der Waals surface area contributed by atoms with E-state index in [1.165, 1.54) is 19.2 Å². The summed E-state index contributed by atoms with van der Waals surface area (Å²) >= 11 is 5.77. The molecule has 0 bridgehead atoms. The Bertz CT molecular complexity index is 801. The van der Waals surface area contributed by atoms with Crippen molar-refractivity contribution in [3.05, 3.63) is 58.6 Å². The molecule has 0 unspecified atom stereocenters. The summed E-state index contributed by atoms with van der Waals surface area (Å²) < 4.78 is 32.0. The Kier molecular flexibility index (Phi) is 4.73. The number of nitrogens with one attached hydrogen (secondary N) is 1. The maximum absolute atomic E-state index is 12.5. The van der Waals surface area contributed by atoms with E-state index in [0.717, 1.165) is 0 Å². The summed E-state index contributed by atoms with van der Waals surface area (Å²) in [5.74, 6) is -0.594. The van der Waals surface area contributed by atoms with Gasteiger partial charge in [0.25, 0.3) is 10.0 Å². The van der Waals surface area contributed by atoms with Gasteiger partial charge in [-0.05, 0) is 48.9 Å². The zero-order chi connectivity index (χ0) is 16.3. The van der Waals surface area contributed by atoms with Crippen LogP contribution in [0.2, 0.25) is 5.02 Å². The standard InChI is InChI=1S/C15H14ClNO4S/c1-10-3-4-11(15(18)21-2)9-14(10)22(19,20)17-13-7-5-12(16)6-8-13/h3-9,17H,1-2H3. The number of hydrogen-bond donors (Lipinski definition) is 1. The van der Waals surface area contributed by atoms with E-state index in [4.69, 9.17) is 11.6 Å². The van der Waals surface area contributed by atoms with Crippen LogP contribution in [0.5, 0.6) is 0 Å². The number of methoxy groups -OCH3 is 1. The Balaban J connectivity index is 2.40. The second-order valence-corrected chi connectivity index (χ2v) is 6.67. The smallest absolute Gasteiger partial charge is 0.337 e. The molecule has 0 saturated carbocycles. The molecule has 5 nitrogen and oxygen atoms in total. The van der Waals surface area contributed by atoms with Gasteiger partial charge in [-0.3, -0.25) is 4.72 Å². The molecule has 0 spiro atoms. The van der Waals surface area contributed by atoms with Gasteiger partial charge in [0.05, 0.1) is 17.6 Å². The maximum atomic E-state index is 12.5. The zero-order valence-corrected chi connectivity index (χ0v) is 13.5. The van der Waals surface area contributed by atoms with Gasteiger partial charge in [-0.15, -0.1) is 0 Å². The largest absolute Gasteiger partial charge is 0.465 e. The van der Waals surface area contributed by atoms with Crippen LogP contribution in [0.4, 0.5) is 5.69 Å². The van der Waals surface area contributed by atoms with Gasteiger partial charge in [0.1, 0.15) is 0 Å². The Hall–Kier alpha value is -2.05. The highest BCUT2D eigenvalue weighted by atomic mass is 35.5. The molecule has 0 radical (unpaired) electrons. The van der Waals surface area contributed by atoms with E-state index in [-0.39, 0.29) is 10.5 Å². The molecule has 2 rings (SSSR count). The predicted molar refractivity (Wildman–Crippen MR) is 84.8 cm³/mol. The monoisotopic (exact) mass is 339 g/mol. The zero-order valence-electron chi connectivity index (χ0n) is 12.0. The van der Waals surface area contributed by atoms with E-state index in [1.54, 1.807) is 37.3 Å². The number of anilines is 1. The van der Waals surface area contributed by atoms with Crippen molar-refractivity contribution in [2.24, 2.45) is 0 Å². The lowest BCUT2D eigenvalue weighted by Crippen LogP contribution is -2.15. The van der Waals surface area contributed by atoms with Gasteiger partial charge < -0.3 is 4.74 Å². The van der Waals surface area contributed by atoms with Crippen molar-refractivity contribution in [1.29, 1.82) is 0 Å². The molecular formula is C15H14ClNO4S. The highest BCUT2D eigenvalue weighted by Crippen LogP contribution is 2.22. The van der Waals surface area contributed by atoms with E-state index >= 15 is 0 Å². The van der Waals surface area contributed by atoms with Crippen LogP contribution >= 0.6 is 11.6 Å². The molecule has 22 heavy (non-hydrogen) atoms. The third-order valence-electron chi connectivity index (χ3n) is 3.00. The van der Waals surface area contributed by atoms with Gasteiger partial charge in [-0.2, -0.15) is 0 Å². The van der Waals surface area contributed by atoms with Gasteiger partial charge in [-0.25, -0.2) is 13.2 Å². The number of ether oxygens (including phenoxy) is 1. The number of halogens is 1. The maximum Gasteiger partial charge on any atom is 0.337 e. The van der Waals surface area contributed by atoms with E-state index < -0.39 is 16.0 Å². The first-order valence-electron chi connectivity index (χ1n) is 6.31. The second kappa shape index (κ2) is 6.37. The molecule has 0 aliphatic rings. The molecule has 2 aromatic carbocycles. The van der Waals surface area contributed by atoms with Gasteiger partial charge in [0, 0.05) is 10.7 Å². The van der Waals surface area contributed by atoms with Crippen molar-refractivity contribution < 1.29 is 17.9 Å². The number of benzene rings is 2. The molecule has 0 aliphatic carbocycles. The van der Waals surface area contributed by atoms with Gasteiger partial charge in [-0.1, -0.05) is 17.7 Å². The molecule has 2 aromatic rings. The molecule has 0 aliphatic heterocycles. The summed E-state index contributed by atoms with van der Waals surface area (Å²) in [6, 6.07) is 10.6. The molecule has 0 atom stereocenters. The van der Waals surface area contributed by atoms with Crippen molar-refractivity contribution in [3.8, 4) is 0 Å². The Morgan fingerprint density at radius 3 is 2.36 bits per heavy atom. The van der Waals surface area contributed by atoms with Crippen LogP contribution < -0.4 is 4.72 Å². The molecule has 7 heteroatoms. The first kappa shape index (κ1) is 16.3. The van der Waals surface area contributed by atoms with E-state index in [0.29, 0.717) is 16.3 Å². The third kappa shape index (κ3) is 3.58. The molecule has 116 valence electrons. The Morgan fingerprint density at radius 2 is 1.77 bits per heavy atom. The van der Waals surface area contributed by atoms with Crippen LogP contribution in [-0.2, 0) is 14.8 Å². The number of carbonyl (C=O) groups is 1. The number of aryl methyl sites for hydroxylation is 1. The molecule has 1 N–H and O–H groups in total. The topological polar surface area (TPSA) is 72.5 Å². The summed E-state index contributed by atoms with van der Waals surface area (Å²) in [4.78, 5) is 11.6. The number of carbonyl (C=O) groups excluding carboxylic acids is 1. The third-order valence-corrected chi connectivity index (χ3v) is 4.77. The molecule has 0 saturated heterocycles. The van der Waals surface area contributed by atoms with Crippen molar-refractivity contribution >= 4 is 33.3 Å². The second-order valence-electron chi connectivity index (χ2n) is 4.58. The fourth-order valence-electron chi connectivity index (χ4n) is 1.86. The minimum absolute atomic E-state index is 0.0188. The van der Waals surface area contributed by atoms with Crippen molar-refractivity contribution in [3.63, 3.8) is 0 Å². The average molecular weight is 340 g/mol. The summed E-state index contributed by atoms with van der Waals surface area (Å²) in [5.41, 5.74) is 1.07. The fourth-order valence-corrected chi connectivity index (χ4v) is 3.32. The van der Waals surface area contributed by atoms with Crippen LogP contribution in [0.1, 0.15) is 15.9 Å². The number of hydrogen-bond acceptors (Lipinski definition) is 4. The summed E-state index contributed by atoms with van der Waals surface area (Å²) in [5, 5.41) is 0.506.